The van der Waals surface area contributed by atoms with Gasteiger partial charge in [0.05, 0.1) is 24.6 Å². The van der Waals surface area contributed by atoms with Crippen molar-refractivity contribution in [3.05, 3.63) is 65.6 Å². The maximum absolute atomic E-state index is 10.1. The summed E-state index contributed by atoms with van der Waals surface area (Å²) in [5.74, 6) is 0.829. The van der Waals surface area contributed by atoms with Crippen molar-refractivity contribution in [3.63, 3.8) is 0 Å². The number of fused-ring (bicyclic) bond motifs is 1. The molecule has 0 bridgehead atoms. The van der Waals surface area contributed by atoms with E-state index in [2.05, 4.69) is 4.98 Å². The van der Waals surface area contributed by atoms with E-state index in [1.165, 1.54) is 0 Å². The molecule has 0 aliphatic rings. The van der Waals surface area contributed by atoms with Gasteiger partial charge in [-0.15, -0.1) is 0 Å². The lowest BCUT2D eigenvalue weighted by molar-refractivity contribution is 0.192. The Bertz CT molecular complexity index is 762. The molecule has 3 rings (SSSR count). The highest BCUT2D eigenvalue weighted by atomic mass is 16.5. The van der Waals surface area contributed by atoms with Crippen molar-refractivity contribution in [2.24, 2.45) is 0 Å². The molecule has 0 amide bonds. The van der Waals surface area contributed by atoms with Crippen molar-refractivity contribution in [2.75, 3.05) is 7.11 Å². The molecule has 0 radical (unpaired) electrons. The second-order valence-corrected chi connectivity index (χ2v) is 5.08. The van der Waals surface area contributed by atoms with Crippen LogP contribution < -0.4 is 4.74 Å². The Balaban J connectivity index is 2.05. The number of hydrogen-bond acceptors (Lipinski definition) is 3. The van der Waals surface area contributed by atoms with Gasteiger partial charge in [-0.05, 0) is 36.8 Å². The van der Waals surface area contributed by atoms with Crippen molar-refractivity contribution < 1.29 is 9.84 Å². The van der Waals surface area contributed by atoms with E-state index in [9.17, 15) is 5.11 Å². The quantitative estimate of drug-likeness (QED) is 0.800. The molecular formula is C17H18N2O2. The van der Waals surface area contributed by atoms with Gasteiger partial charge in [0.1, 0.15) is 11.4 Å². The molecule has 1 N–H and O–H groups in total. The Morgan fingerprint density at radius 1 is 1.24 bits per heavy atom. The zero-order valence-corrected chi connectivity index (χ0v) is 12.2. The molecule has 1 aromatic carbocycles. The molecule has 0 aliphatic heterocycles. The fraction of sp³-hybridized carbons (Fsp3) is 0.235. The topological polar surface area (TPSA) is 46.8 Å². The summed E-state index contributed by atoms with van der Waals surface area (Å²) in [6.07, 6.45) is 2.03. The molecule has 0 saturated heterocycles. The van der Waals surface area contributed by atoms with Gasteiger partial charge in [-0.2, -0.15) is 0 Å². The number of pyridine rings is 1. The maximum Gasteiger partial charge on any atom is 0.137 e. The van der Waals surface area contributed by atoms with E-state index in [-0.39, 0.29) is 0 Å². The highest BCUT2D eigenvalue weighted by Crippen LogP contribution is 2.23. The van der Waals surface area contributed by atoms with Gasteiger partial charge in [0.25, 0.3) is 0 Å². The third-order valence-corrected chi connectivity index (χ3v) is 3.54. The number of aliphatic hydroxyl groups excluding tert-OH is 1. The Kier molecular flexibility index (Phi) is 3.62. The number of hydrogen-bond donors (Lipinski definition) is 1. The van der Waals surface area contributed by atoms with E-state index >= 15 is 0 Å². The first-order valence-corrected chi connectivity index (χ1v) is 6.96. The minimum absolute atomic E-state index is 0.567. The Morgan fingerprint density at radius 3 is 2.86 bits per heavy atom. The molecular weight excluding hydrogens is 264 g/mol. The number of rotatable bonds is 4. The van der Waals surface area contributed by atoms with Crippen LogP contribution in [0.1, 0.15) is 30.0 Å². The predicted molar refractivity (Wildman–Crippen MR) is 81.6 cm³/mol. The van der Waals surface area contributed by atoms with Crippen molar-refractivity contribution in [1.29, 1.82) is 0 Å². The van der Waals surface area contributed by atoms with E-state index in [1.807, 2.05) is 53.1 Å². The summed E-state index contributed by atoms with van der Waals surface area (Å²) in [5.41, 5.74) is 3.70. The number of methoxy groups -OCH3 is 1. The molecule has 21 heavy (non-hydrogen) atoms. The first kappa shape index (κ1) is 13.6. The lowest BCUT2D eigenvalue weighted by Crippen LogP contribution is -2.02. The zero-order chi connectivity index (χ0) is 14.8. The highest BCUT2D eigenvalue weighted by Gasteiger charge is 2.16. The van der Waals surface area contributed by atoms with Crippen LogP contribution in [0.2, 0.25) is 0 Å². The van der Waals surface area contributed by atoms with Crippen LogP contribution in [-0.2, 0) is 6.42 Å². The van der Waals surface area contributed by atoms with Crippen molar-refractivity contribution in [3.8, 4) is 5.75 Å². The van der Waals surface area contributed by atoms with Gasteiger partial charge < -0.3 is 14.2 Å². The number of imidazole rings is 1. The van der Waals surface area contributed by atoms with Crippen molar-refractivity contribution in [1.82, 2.24) is 9.38 Å². The van der Waals surface area contributed by atoms with Gasteiger partial charge in [0, 0.05) is 12.6 Å². The lowest BCUT2D eigenvalue weighted by atomic mass is 10.1. The first-order chi connectivity index (χ1) is 10.2. The summed E-state index contributed by atoms with van der Waals surface area (Å²) in [5, 5.41) is 10.1. The van der Waals surface area contributed by atoms with Crippen LogP contribution in [-0.4, -0.2) is 21.6 Å². The second-order valence-electron chi connectivity index (χ2n) is 5.08. The van der Waals surface area contributed by atoms with Crippen LogP contribution in [0.15, 0.2) is 48.7 Å². The van der Waals surface area contributed by atoms with Gasteiger partial charge >= 0.3 is 0 Å². The SMILES string of the molecule is COc1cccc(Cc2nc3ccccn3c2C(C)O)c1. The molecule has 3 aromatic rings. The fourth-order valence-electron chi connectivity index (χ4n) is 2.61. The molecule has 4 heteroatoms. The monoisotopic (exact) mass is 282 g/mol. The summed E-state index contributed by atoms with van der Waals surface area (Å²) in [6.45, 7) is 1.77. The summed E-state index contributed by atoms with van der Waals surface area (Å²) in [4.78, 5) is 4.65. The Labute approximate surface area is 123 Å². The molecule has 0 fully saturated rings. The number of aliphatic hydroxyl groups is 1. The van der Waals surface area contributed by atoms with E-state index in [0.29, 0.717) is 6.42 Å². The lowest BCUT2D eigenvalue weighted by Gasteiger charge is -2.08. The summed E-state index contributed by atoms with van der Waals surface area (Å²) in [7, 11) is 1.66. The smallest absolute Gasteiger partial charge is 0.137 e. The average Bonchev–Trinajstić information content (AvgIpc) is 2.85. The fourth-order valence-corrected chi connectivity index (χ4v) is 2.61. The summed E-state index contributed by atoms with van der Waals surface area (Å²) < 4.78 is 7.20. The van der Waals surface area contributed by atoms with E-state index in [1.54, 1.807) is 14.0 Å². The first-order valence-electron chi connectivity index (χ1n) is 6.96. The average molecular weight is 282 g/mol. The second kappa shape index (κ2) is 5.58. The van der Waals surface area contributed by atoms with Gasteiger partial charge in [-0.3, -0.25) is 0 Å². The van der Waals surface area contributed by atoms with Crippen LogP contribution in [0.4, 0.5) is 0 Å². The molecule has 0 spiro atoms. The van der Waals surface area contributed by atoms with Crippen LogP contribution in [0, 0.1) is 0 Å². The molecule has 4 nitrogen and oxygen atoms in total. The van der Waals surface area contributed by atoms with Crippen molar-refractivity contribution in [2.45, 2.75) is 19.4 Å². The largest absolute Gasteiger partial charge is 0.497 e. The van der Waals surface area contributed by atoms with E-state index < -0.39 is 6.10 Å². The number of ether oxygens (including phenoxy) is 1. The molecule has 2 aromatic heterocycles. The summed E-state index contributed by atoms with van der Waals surface area (Å²) >= 11 is 0. The Hall–Kier alpha value is -2.33. The molecule has 1 atom stereocenters. The standard InChI is InChI=1S/C17H18N2O2/c1-12(20)17-15(18-16-8-3-4-9-19(16)17)11-13-6-5-7-14(10-13)21-2/h3-10,12,20H,11H2,1-2H3. The normalized spacial score (nSPS) is 12.5. The minimum atomic E-state index is -0.567. The van der Waals surface area contributed by atoms with E-state index in [4.69, 9.17) is 4.74 Å². The predicted octanol–water partition coefficient (Wildman–Crippen LogP) is 2.99. The highest BCUT2D eigenvalue weighted by molar-refractivity contribution is 5.45. The van der Waals surface area contributed by atoms with Gasteiger partial charge in [0.15, 0.2) is 0 Å². The van der Waals surface area contributed by atoms with Gasteiger partial charge in [0.2, 0.25) is 0 Å². The number of aromatic nitrogens is 2. The number of nitrogens with zero attached hydrogens (tertiary/aromatic N) is 2. The Morgan fingerprint density at radius 2 is 2.10 bits per heavy atom. The van der Waals surface area contributed by atoms with Crippen LogP contribution in [0.3, 0.4) is 0 Å². The van der Waals surface area contributed by atoms with Crippen LogP contribution in [0.25, 0.3) is 5.65 Å². The van der Waals surface area contributed by atoms with Gasteiger partial charge in [-0.1, -0.05) is 18.2 Å². The molecule has 2 heterocycles. The minimum Gasteiger partial charge on any atom is -0.497 e. The van der Waals surface area contributed by atoms with Crippen LogP contribution in [0.5, 0.6) is 5.75 Å². The third-order valence-electron chi connectivity index (χ3n) is 3.54. The zero-order valence-electron chi connectivity index (χ0n) is 12.2. The van der Waals surface area contributed by atoms with E-state index in [0.717, 1.165) is 28.3 Å². The third kappa shape index (κ3) is 2.62. The van der Waals surface area contributed by atoms with Crippen LogP contribution >= 0.6 is 0 Å². The molecule has 0 saturated carbocycles. The molecule has 108 valence electrons. The maximum atomic E-state index is 10.1. The van der Waals surface area contributed by atoms with Crippen molar-refractivity contribution >= 4 is 5.65 Å². The molecule has 0 aliphatic carbocycles. The molecule has 1 unspecified atom stereocenters. The van der Waals surface area contributed by atoms with Gasteiger partial charge in [-0.25, -0.2) is 4.98 Å². The number of benzene rings is 1. The summed E-state index contributed by atoms with van der Waals surface area (Å²) in [6, 6.07) is 13.8.